The van der Waals surface area contributed by atoms with E-state index in [9.17, 15) is 4.79 Å². The van der Waals surface area contributed by atoms with E-state index >= 15 is 0 Å². The van der Waals surface area contributed by atoms with Crippen molar-refractivity contribution < 1.29 is 9.90 Å². The Morgan fingerprint density at radius 1 is 1.57 bits per heavy atom. The minimum atomic E-state index is -0.813. The predicted molar refractivity (Wildman–Crippen MR) is 56.1 cm³/mol. The molecule has 1 aromatic rings. The summed E-state index contributed by atoms with van der Waals surface area (Å²) in [5.74, 6) is -1.23. The van der Waals surface area contributed by atoms with Crippen molar-refractivity contribution in [2.75, 3.05) is 17.6 Å². The molecule has 0 radical (unpaired) electrons. The third kappa shape index (κ3) is 2.65. The fourth-order valence-electron chi connectivity index (χ4n) is 1.01. The predicted octanol–water partition coefficient (Wildman–Crippen LogP) is 1.40. The van der Waals surface area contributed by atoms with Crippen LogP contribution in [0.3, 0.4) is 0 Å². The van der Waals surface area contributed by atoms with Crippen LogP contribution < -0.4 is 11.1 Å². The van der Waals surface area contributed by atoms with Crippen LogP contribution in [0, 0.1) is 5.92 Å². The average Bonchev–Trinajstić information content (AvgIpc) is 2.16. The van der Waals surface area contributed by atoms with Crippen LogP contribution in [0.4, 0.5) is 11.4 Å². The largest absolute Gasteiger partial charge is 0.481 e. The zero-order chi connectivity index (χ0) is 10.6. The highest BCUT2D eigenvalue weighted by Gasteiger charge is 2.10. The van der Waals surface area contributed by atoms with Crippen molar-refractivity contribution in [2.45, 2.75) is 6.92 Å². The molecular weight excluding hydrogens is 180 g/mol. The summed E-state index contributed by atoms with van der Waals surface area (Å²) in [6.07, 6.45) is 0. The zero-order valence-electron chi connectivity index (χ0n) is 8.03. The van der Waals surface area contributed by atoms with Crippen LogP contribution in [0.15, 0.2) is 24.3 Å². The summed E-state index contributed by atoms with van der Waals surface area (Å²) in [5, 5.41) is 11.6. The van der Waals surface area contributed by atoms with Gasteiger partial charge in [0.05, 0.1) is 17.3 Å². The number of carboxylic acid groups (broad SMARTS) is 1. The Morgan fingerprint density at radius 3 is 2.79 bits per heavy atom. The molecule has 0 spiro atoms. The Morgan fingerprint density at radius 2 is 2.21 bits per heavy atom. The van der Waals surface area contributed by atoms with Gasteiger partial charge in [0, 0.05) is 6.54 Å². The molecule has 1 unspecified atom stereocenters. The fourth-order valence-corrected chi connectivity index (χ4v) is 1.01. The maximum absolute atomic E-state index is 10.5. The third-order valence-electron chi connectivity index (χ3n) is 1.98. The first-order chi connectivity index (χ1) is 6.61. The van der Waals surface area contributed by atoms with Crippen LogP contribution in [0.1, 0.15) is 6.92 Å². The summed E-state index contributed by atoms with van der Waals surface area (Å²) < 4.78 is 0. The topological polar surface area (TPSA) is 75.3 Å². The number of anilines is 2. The van der Waals surface area contributed by atoms with Crippen molar-refractivity contribution in [3.63, 3.8) is 0 Å². The number of nitrogens with one attached hydrogen (secondary N) is 1. The standard InChI is InChI=1S/C10H14N2O2/c1-7(10(13)14)6-12-9-5-3-2-4-8(9)11/h2-5,7,12H,6,11H2,1H3,(H,13,14). The lowest BCUT2D eigenvalue weighted by Gasteiger charge is -2.11. The number of carboxylic acids is 1. The van der Waals surface area contributed by atoms with E-state index in [1.54, 1.807) is 13.0 Å². The summed E-state index contributed by atoms with van der Waals surface area (Å²) in [5.41, 5.74) is 7.08. The number of hydrogen-bond acceptors (Lipinski definition) is 3. The van der Waals surface area contributed by atoms with E-state index < -0.39 is 11.9 Å². The molecule has 0 amide bonds. The van der Waals surface area contributed by atoms with Gasteiger partial charge in [0.25, 0.3) is 0 Å². The molecule has 1 aromatic carbocycles. The number of nitrogen functional groups attached to an aromatic ring is 1. The number of para-hydroxylation sites is 2. The number of nitrogens with two attached hydrogens (primary N) is 1. The van der Waals surface area contributed by atoms with Crippen LogP contribution in [0.2, 0.25) is 0 Å². The molecule has 0 saturated heterocycles. The van der Waals surface area contributed by atoms with Gasteiger partial charge >= 0.3 is 5.97 Å². The molecule has 4 heteroatoms. The van der Waals surface area contributed by atoms with Gasteiger partial charge in [-0.15, -0.1) is 0 Å². The quantitative estimate of drug-likeness (QED) is 0.633. The van der Waals surface area contributed by atoms with Crippen molar-refractivity contribution in [3.05, 3.63) is 24.3 Å². The second-order valence-corrected chi connectivity index (χ2v) is 3.21. The first-order valence-electron chi connectivity index (χ1n) is 4.42. The number of benzene rings is 1. The van der Waals surface area contributed by atoms with E-state index in [0.717, 1.165) is 5.69 Å². The van der Waals surface area contributed by atoms with Crippen LogP contribution in [0.5, 0.6) is 0 Å². The minimum absolute atomic E-state index is 0.379. The first-order valence-corrected chi connectivity index (χ1v) is 4.42. The van der Waals surface area contributed by atoms with Crippen LogP contribution in [0.25, 0.3) is 0 Å². The SMILES string of the molecule is CC(CNc1ccccc1N)C(=O)O. The Labute approximate surface area is 82.7 Å². The summed E-state index contributed by atoms with van der Waals surface area (Å²) in [6, 6.07) is 7.28. The second-order valence-electron chi connectivity index (χ2n) is 3.21. The summed E-state index contributed by atoms with van der Waals surface area (Å²) >= 11 is 0. The first kappa shape index (κ1) is 10.4. The normalized spacial score (nSPS) is 12.1. The number of rotatable bonds is 4. The molecule has 1 rings (SSSR count). The molecular formula is C10H14N2O2. The van der Waals surface area contributed by atoms with E-state index in [0.29, 0.717) is 12.2 Å². The van der Waals surface area contributed by atoms with Crippen molar-refractivity contribution in [1.29, 1.82) is 0 Å². The van der Waals surface area contributed by atoms with Gasteiger partial charge < -0.3 is 16.2 Å². The Hall–Kier alpha value is -1.71. The molecule has 0 fully saturated rings. The molecule has 0 bridgehead atoms. The van der Waals surface area contributed by atoms with Gasteiger partial charge in [-0.2, -0.15) is 0 Å². The molecule has 0 aliphatic carbocycles. The van der Waals surface area contributed by atoms with E-state index in [-0.39, 0.29) is 0 Å². The second kappa shape index (κ2) is 4.50. The number of aliphatic carboxylic acids is 1. The molecule has 0 heterocycles. The minimum Gasteiger partial charge on any atom is -0.481 e. The van der Waals surface area contributed by atoms with E-state index in [1.807, 2.05) is 18.2 Å². The summed E-state index contributed by atoms with van der Waals surface area (Å²) in [4.78, 5) is 10.5. The molecule has 0 aliphatic rings. The molecule has 0 saturated carbocycles. The Balaban J connectivity index is 2.54. The van der Waals surface area contributed by atoms with Crippen molar-refractivity contribution in [1.82, 2.24) is 0 Å². The van der Waals surface area contributed by atoms with E-state index in [4.69, 9.17) is 10.8 Å². The zero-order valence-corrected chi connectivity index (χ0v) is 8.03. The monoisotopic (exact) mass is 194 g/mol. The van der Waals surface area contributed by atoms with Crippen LogP contribution >= 0.6 is 0 Å². The van der Waals surface area contributed by atoms with Crippen molar-refractivity contribution >= 4 is 17.3 Å². The highest BCUT2D eigenvalue weighted by atomic mass is 16.4. The number of hydrogen-bond donors (Lipinski definition) is 3. The van der Waals surface area contributed by atoms with Gasteiger partial charge in [0.15, 0.2) is 0 Å². The summed E-state index contributed by atoms with van der Waals surface area (Å²) in [6.45, 7) is 2.03. The molecule has 0 aliphatic heterocycles. The molecule has 4 nitrogen and oxygen atoms in total. The molecule has 1 atom stereocenters. The summed E-state index contributed by atoms with van der Waals surface area (Å²) in [7, 11) is 0. The van der Waals surface area contributed by atoms with Crippen molar-refractivity contribution in [3.8, 4) is 0 Å². The maximum atomic E-state index is 10.5. The fraction of sp³-hybridized carbons (Fsp3) is 0.300. The smallest absolute Gasteiger partial charge is 0.308 e. The lowest BCUT2D eigenvalue weighted by molar-refractivity contribution is -0.140. The Bertz CT molecular complexity index is 326. The van der Waals surface area contributed by atoms with Gasteiger partial charge in [-0.25, -0.2) is 0 Å². The van der Waals surface area contributed by atoms with Crippen LogP contribution in [-0.2, 0) is 4.79 Å². The van der Waals surface area contributed by atoms with Gasteiger partial charge in [-0.05, 0) is 12.1 Å². The Kier molecular flexibility index (Phi) is 3.34. The third-order valence-corrected chi connectivity index (χ3v) is 1.98. The van der Waals surface area contributed by atoms with Crippen molar-refractivity contribution in [2.24, 2.45) is 5.92 Å². The molecule has 76 valence electrons. The molecule has 4 N–H and O–H groups in total. The van der Waals surface area contributed by atoms with Gasteiger partial charge in [0.1, 0.15) is 0 Å². The van der Waals surface area contributed by atoms with Crippen LogP contribution in [-0.4, -0.2) is 17.6 Å². The van der Waals surface area contributed by atoms with Gasteiger partial charge in [-0.1, -0.05) is 19.1 Å². The molecule has 0 aromatic heterocycles. The number of carbonyl (C=O) groups is 1. The van der Waals surface area contributed by atoms with E-state index in [1.165, 1.54) is 0 Å². The average molecular weight is 194 g/mol. The van der Waals surface area contributed by atoms with Gasteiger partial charge in [-0.3, -0.25) is 4.79 Å². The highest BCUT2D eigenvalue weighted by Crippen LogP contribution is 2.16. The molecule has 14 heavy (non-hydrogen) atoms. The highest BCUT2D eigenvalue weighted by molar-refractivity contribution is 5.71. The lowest BCUT2D eigenvalue weighted by atomic mass is 10.2. The lowest BCUT2D eigenvalue weighted by Crippen LogP contribution is -2.19. The maximum Gasteiger partial charge on any atom is 0.308 e. The van der Waals surface area contributed by atoms with Gasteiger partial charge in [0.2, 0.25) is 0 Å². The van der Waals surface area contributed by atoms with E-state index in [2.05, 4.69) is 5.32 Å².